The fourth-order valence-corrected chi connectivity index (χ4v) is 1.02. The summed E-state index contributed by atoms with van der Waals surface area (Å²) in [7, 11) is 2.31. The van der Waals surface area contributed by atoms with E-state index in [1.54, 1.807) is 0 Å². The molecular weight excluding hydrogens is 119 g/mol. The standard InChI is InChI=1S/C6H15OP.H2/c1-3-5-6(4-2)7-8;/h6H,3-5,8H2,1-2H3;1H/t6-;/m1./s1/i;1+2. The van der Waals surface area contributed by atoms with Crippen LogP contribution in [0.4, 0.5) is 0 Å². The normalized spacial score (nSPS) is 13.9. The van der Waals surface area contributed by atoms with Crippen molar-refractivity contribution in [1.82, 2.24) is 0 Å². The monoisotopic (exact) mass is 138 g/mol. The lowest BCUT2D eigenvalue weighted by Crippen LogP contribution is -2.03. The summed E-state index contributed by atoms with van der Waals surface area (Å²) in [5.74, 6) is 0. The highest BCUT2D eigenvalue weighted by molar-refractivity contribution is 7.09. The van der Waals surface area contributed by atoms with Crippen LogP contribution >= 0.6 is 9.47 Å². The zero-order chi connectivity index (χ0) is 6.41. The van der Waals surface area contributed by atoms with Crippen molar-refractivity contribution in [1.29, 1.82) is 0 Å². The van der Waals surface area contributed by atoms with Crippen LogP contribution in [0, 0.1) is 0 Å². The van der Waals surface area contributed by atoms with Gasteiger partial charge in [-0.25, -0.2) is 0 Å². The highest BCUT2D eigenvalue weighted by Gasteiger charge is 1.99. The van der Waals surface area contributed by atoms with E-state index in [0.29, 0.717) is 6.10 Å². The van der Waals surface area contributed by atoms with Crippen molar-refractivity contribution in [3.05, 3.63) is 0 Å². The van der Waals surface area contributed by atoms with E-state index in [2.05, 4.69) is 23.3 Å². The third-order valence-electron chi connectivity index (χ3n) is 1.26. The van der Waals surface area contributed by atoms with Crippen molar-refractivity contribution in [3.8, 4) is 0 Å². The molecule has 0 bridgehead atoms. The Hall–Kier alpha value is 0.390. The van der Waals surface area contributed by atoms with Gasteiger partial charge in [0.1, 0.15) is 0 Å². The molecule has 0 aliphatic rings. The maximum atomic E-state index is 5.06. The van der Waals surface area contributed by atoms with Gasteiger partial charge >= 0.3 is 0 Å². The molecule has 0 rings (SSSR count). The highest BCUT2D eigenvalue weighted by atomic mass is 31.0. The van der Waals surface area contributed by atoms with Crippen molar-refractivity contribution < 1.29 is 5.95 Å². The van der Waals surface area contributed by atoms with Crippen LogP contribution in [0.15, 0.2) is 0 Å². The molecule has 0 aliphatic heterocycles. The molecule has 0 amide bonds. The molecule has 0 fully saturated rings. The van der Waals surface area contributed by atoms with E-state index >= 15 is 0 Å². The van der Waals surface area contributed by atoms with Crippen LogP contribution in [-0.4, -0.2) is 6.10 Å². The van der Waals surface area contributed by atoms with Crippen molar-refractivity contribution in [2.75, 3.05) is 0 Å². The van der Waals surface area contributed by atoms with Gasteiger partial charge in [-0.05, 0) is 12.8 Å². The molecule has 8 heavy (non-hydrogen) atoms. The van der Waals surface area contributed by atoms with Crippen LogP contribution in [0.3, 0.4) is 0 Å². The number of rotatable bonds is 4. The lowest BCUT2D eigenvalue weighted by molar-refractivity contribution is 0.220. The SMILES string of the molecule is CCC[C@@H](CC)OP.[3HH]. The Morgan fingerprint density at radius 2 is 2.25 bits per heavy atom. The predicted octanol–water partition coefficient (Wildman–Crippen LogP) is 2.62. The minimum atomic E-state index is 0. The van der Waals surface area contributed by atoms with E-state index in [1.165, 1.54) is 12.8 Å². The third-order valence-corrected chi connectivity index (χ3v) is 1.64. The molecule has 1 nitrogen and oxygen atoms in total. The largest absolute Gasteiger partial charge is 0.362 e. The second-order valence-corrected chi connectivity index (χ2v) is 2.23. The molecule has 0 aromatic rings. The predicted molar refractivity (Wildman–Crippen MR) is 41.9 cm³/mol. The average molecular weight is 138 g/mol. The molecule has 0 aliphatic carbocycles. The summed E-state index contributed by atoms with van der Waals surface area (Å²) in [6, 6.07) is 0. The first-order valence-corrected chi connectivity index (χ1v) is 3.67. The highest BCUT2D eigenvalue weighted by Crippen LogP contribution is 2.08. The van der Waals surface area contributed by atoms with E-state index in [9.17, 15) is 0 Å². The van der Waals surface area contributed by atoms with Gasteiger partial charge in [-0.2, -0.15) is 0 Å². The zero-order valence-corrected chi connectivity index (χ0v) is 6.84. The second kappa shape index (κ2) is 5.53. The van der Waals surface area contributed by atoms with Crippen LogP contribution in [0.25, 0.3) is 0 Å². The van der Waals surface area contributed by atoms with Crippen molar-refractivity contribution in [2.45, 2.75) is 39.2 Å². The maximum Gasteiger partial charge on any atom is 0.0608 e. The molecule has 2 heteroatoms. The van der Waals surface area contributed by atoms with Crippen LogP contribution in [0.2, 0.25) is 0 Å². The van der Waals surface area contributed by atoms with Crippen molar-refractivity contribution in [3.63, 3.8) is 0 Å². The van der Waals surface area contributed by atoms with E-state index < -0.39 is 0 Å². The lowest BCUT2D eigenvalue weighted by atomic mass is 10.2. The summed E-state index contributed by atoms with van der Waals surface area (Å²) < 4.78 is 5.06. The van der Waals surface area contributed by atoms with E-state index in [4.69, 9.17) is 4.52 Å². The molecule has 0 heterocycles. The van der Waals surface area contributed by atoms with Gasteiger partial charge in [0.25, 0.3) is 0 Å². The summed E-state index contributed by atoms with van der Waals surface area (Å²) in [6.45, 7) is 4.32. The van der Waals surface area contributed by atoms with Crippen LogP contribution in [0.5, 0.6) is 0 Å². The fraction of sp³-hybridized carbons (Fsp3) is 1.00. The Morgan fingerprint density at radius 3 is 2.38 bits per heavy atom. The summed E-state index contributed by atoms with van der Waals surface area (Å²) in [6.07, 6.45) is 3.98. The van der Waals surface area contributed by atoms with Crippen LogP contribution < -0.4 is 0 Å². The maximum absolute atomic E-state index is 5.06. The molecule has 0 radical (unpaired) electrons. The fourth-order valence-electron chi connectivity index (χ4n) is 0.690. The van der Waals surface area contributed by atoms with Crippen molar-refractivity contribution >= 4 is 9.47 Å². The molecule has 0 aromatic carbocycles. The molecule has 0 saturated carbocycles. The van der Waals surface area contributed by atoms with Gasteiger partial charge in [0.05, 0.1) is 6.10 Å². The van der Waals surface area contributed by atoms with E-state index in [-0.39, 0.29) is 1.43 Å². The minimum absolute atomic E-state index is 0. The molecule has 52 valence electrons. The van der Waals surface area contributed by atoms with Crippen LogP contribution in [-0.2, 0) is 4.52 Å². The molecule has 1 unspecified atom stereocenters. The molecule has 0 N–H and O–H groups in total. The first kappa shape index (κ1) is 8.39. The number of hydrogen-bond donors (Lipinski definition) is 0. The summed E-state index contributed by atoms with van der Waals surface area (Å²) >= 11 is 0. The Balaban J connectivity index is 0. The van der Waals surface area contributed by atoms with Gasteiger partial charge < -0.3 is 4.52 Å². The Labute approximate surface area is 55.6 Å². The Bertz CT molecular complexity index is 48.3. The Kier molecular flexibility index (Phi) is 5.79. The molecule has 0 aromatic heterocycles. The Morgan fingerprint density at radius 1 is 1.62 bits per heavy atom. The van der Waals surface area contributed by atoms with E-state index in [0.717, 1.165) is 6.42 Å². The van der Waals surface area contributed by atoms with Gasteiger partial charge in [-0.1, -0.05) is 20.3 Å². The summed E-state index contributed by atoms with van der Waals surface area (Å²) in [5.41, 5.74) is 0. The molecule has 0 saturated heterocycles. The summed E-state index contributed by atoms with van der Waals surface area (Å²) in [5, 5.41) is 0. The summed E-state index contributed by atoms with van der Waals surface area (Å²) in [4.78, 5) is 0. The third kappa shape index (κ3) is 3.40. The number of hydrogen-bond acceptors (Lipinski definition) is 1. The molecule has 2 atom stereocenters. The lowest BCUT2D eigenvalue weighted by Gasteiger charge is -2.09. The van der Waals surface area contributed by atoms with Gasteiger partial charge in [-0.3, -0.25) is 0 Å². The van der Waals surface area contributed by atoms with Gasteiger partial charge in [0, 0.05) is 10.9 Å². The molecule has 0 spiro atoms. The average Bonchev–Trinajstić information content (AvgIpc) is 1.83. The topological polar surface area (TPSA) is 9.23 Å². The quantitative estimate of drug-likeness (QED) is 0.542. The van der Waals surface area contributed by atoms with Gasteiger partial charge in [0.15, 0.2) is 0 Å². The minimum Gasteiger partial charge on any atom is -0.362 e. The smallest absolute Gasteiger partial charge is 0.0608 e. The van der Waals surface area contributed by atoms with Crippen LogP contribution in [0.1, 0.15) is 34.5 Å². The van der Waals surface area contributed by atoms with Gasteiger partial charge in [0.2, 0.25) is 0 Å². The van der Waals surface area contributed by atoms with Crippen molar-refractivity contribution in [2.24, 2.45) is 0 Å². The molecular formula is C6H17OP. The van der Waals surface area contributed by atoms with E-state index in [1.807, 2.05) is 0 Å². The zero-order valence-electron chi connectivity index (χ0n) is 5.68. The first-order chi connectivity index (χ1) is 3.85. The second-order valence-electron chi connectivity index (χ2n) is 1.96. The first-order valence-electron chi connectivity index (χ1n) is 3.20. The van der Waals surface area contributed by atoms with Gasteiger partial charge in [-0.15, -0.1) is 0 Å².